The summed E-state index contributed by atoms with van der Waals surface area (Å²) in [7, 11) is 0. The van der Waals surface area contributed by atoms with Crippen LogP contribution in [0.5, 0.6) is 0 Å². The molecular weight excluding hydrogens is 142 g/mol. The van der Waals surface area contributed by atoms with Gasteiger partial charge >= 0.3 is 6.03 Å². The molecule has 0 aromatic carbocycles. The van der Waals surface area contributed by atoms with E-state index in [1.807, 2.05) is 0 Å². The molecule has 0 bridgehead atoms. The summed E-state index contributed by atoms with van der Waals surface area (Å²) in [6, 6.07) is -0.478. The molecule has 0 rings (SSSR count). The first kappa shape index (κ1) is 9.55. The van der Waals surface area contributed by atoms with Crippen molar-refractivity contribution in [2.75, 3.05) is 0 Å². The van der Waals surface area contributed by atoms with Crippen molar-refractivity contribution in [1.82, 2.24) is 5.43 Å². The molecule has 0 saturated carbocycles. The van der Waals surface area contributed by atoms with E-state index in [0.717, 1.165) is 0 Å². The van der Waals surface area contributed by atoms with Gasteiger partial charge in [-0.25, -0.2) is 15.2 Å². The number of rotatable bonds is 2. The molecule has 4 heteroatoms. The predicted octanol–water partition coefficient (Wildman–Crippen LogP) is 1.35. The summed E-state index contributed by atoms with van der Waals surface area (Å²) in [5.74, 6) is 0. The quantitative estimate of drug-likeness (QED) is 0.472. The van der Waals surface area contributed by atoms with Crippen molar-refractivity contribution in [3.63, 3.8) is 0 Å². The van der Waals surface area contributed by atoms with E-state index in [4.69, 9.17) is 0 Å². The minimum atomic E-state index is -0.478. The third-order valence-electron chi connectivity index (χ3n) is 0.870. The molecule has 1 N–H and O–H groups in total. The molecule has 0 heterocycles. The van der Waals surface area contributed by atoms with Crippen molar-refractivity contribution >= 4 is 18.0 Å². The van der Waals surface area contributed by atoms with Gasteiger partial charge in [0.15, 0.2) is 0 Å². The van der Waals surface area contributed by atoms with E-state index in [-0.39, 0.29) is 0 Å². The van der Waals surface area contributed by atoms with Crippen LogP contribution in [0.1, 0.15) is 13.8 Å². The van der Waals surface area contributed by atoms with Crippen LogP contribution in [0.25, 0.3) is 0 Å². The van der Waals surface area contributed by atoms with Crippen LogP contribution in [0.3, 0.4) is 0 Å². The van der Waals surface area contributed by atoms with Gasteiger partial charge in [0.25, 0.3) is 0 Å². The lowest BCUT2D eigenvalue weighted by Gasteiger charge is -1.92. The number of amides is 2. The van der Waals surface area contributed by atoms with Crippen LogP contribution in [0.4, 0.5) is 4.79 Å². The fraction of sp³-hybridized carbons (Fsp3) is 0.286. The molecule has 0 fully saturated rings. The molecule has 60 valence electrons. The highest BCUT2D eigenvalue weighted by Gasteiger charge is 1.90. The van der Waals surface area contributed by atoms with Gasteiger partial charge in [-0.05, 0) is 19.9 Å². The van der Waals surface area contributed by atoms with Crippen LogP contribution in [0, 0.1) is 0 Å². The van der Waals surface area contributed by atoms with Gasteiger partial charge in [0.05, 0.1) is 5.71 Å². The number of hydrogen-bond donors (Lipinski definition) is 1. The fourth-order valence-electron chi connectivity index (χ4n) is 0.328. The van der Waals surface area contributed by atoms with E-state index < -0.39 is 6.03 Å². The second kappa shape index (κ2) is 5.34. The topological polar surface area (TPSA) is 53.8 Å². The van der Waals surface area contributed by atoms with Gasteiger partial charge in [-0.2, -0.15) is 5.10 Å². The molecule has 0 radical (unpaired) electrons. The number of hydrogen-bond acceptors (Lipinski definition) is 2. The van der Waals surface area contributed by atoms with E-state index in [1.54, 1.807) is 13.8 Å². The third-order valence-corrected chi connectivity index (χ3v) is 0.870. The normalized spacial score (nSPS) is 11.6. The Balaban J connectivity index is 3.87. The predicted molar refractivity (Wildman–Crippen MR) is 46.0 cm³/mol. The van der Waals surface area contributed by atoms with Gasteiger partial charge in [-0.15, -0.1) is 0 Å². The Morgan fingerprint density at radius 2 is 2.27 bits per heavy atom. The molecule has 0 aliphatic rings. The average molecular weight is 153 g/mol. The molecule has 11 heavy (non-hydrogen) atoms. The van der Waals surface area contributed by atoms with Crippen LogP contribution in [-0.2, 0) is 0 Å². The Morgan fingerprint density at radius 3 is 2.73 bits per heavy atom. The minimum Gasteiger partial charge on any atom is -0.244 e. The first-order valence-electron chi connectivity index (χ1n) is 3.16. The smallest absolute Gasteiger partial charge is 0.244 e. The SMILES string of the molecule is C=C/C(C)=N\NC(=O)N=CC. The van der Waals surface area contributed by atoms with E-state index in [9.17, 15) is 4.79 Å². The Bertz CT molecular complexity index is 206. The van der Waals surface area contributed by atoms with Crippen LogP contribution < -0.4 is 5.43 Å². The molecule has 0 aromatic heterocycles. The highest BCUT2D eigenvalue weighted by molar-refractivity contribution is 5.93. The zero-order valence-electron chi connectivity index (χ0n) is 6.66. The molecule has 0 spiro atoms. The van der Waals surface area contributed by atoms with Gasteiger partial charge in [0.1, 0.15) is 0 Å². The molecule has 0 atom stereocenters. The fourth-order valence-corrected chi connectivity index (χ4v) is 0.328. The van der Waals surface area contributed by atoms with Gasteiger partial charge in [0, 0.05) is 6.21 Å². The number of hydrazone groups is 1. The minimum absolute atomic E-state index is 0.478. The number of nitrogens with zero attached hydrogens (tertiary/aromatic N) is 2. The maximum Gasteiger partial charge on any atom is 0.360 e. The van der Waals surface area contributed by atoms with Crippen molar-refractivity contribution in [3.05, 3.63) is 12.7 Å². The Hall–Kier alpha value is -1.45. The lowest BCUT2D eigenvalue weighted by molar-refractivity contribution is 0.250. The highest BCUT2D eigenvalue weighted by atomic mass is 16.2. The largest absolute Gasteiger partial charge is 0.360 e. The van der Waals surface area contributed by atoms with Crippen LogP contribution >= 0.6 is 0 Å². The van der Waals surface area contributed by atoms with Gasteiger partial charge in [-0.3, -0.25) is 0 Å². The van der Waals surface area contributed by atoms with E-state index in [2.05, 4.69) is 22.1 Å². The standard InChI is InChI=1S/C7H11N3O/c1-4-6(3)9-10-7(11)8-5-2/h4-5H,1H2,2-3H3,(H,10,11)/b8-5?,9-6-. The number of urea groups is 1. The van der Waals surface area contributed by atoms with Crippen LogP contribution in [0.15, 0.2) is 22.7 Å². The van der Waals surface area contributed by atoms with Crippen molar-refractivity contribution in [1.29, 1.82) is 0 Å². The van der Waals surface area contributed by atoms with Crippen LogP contribution in [0.2, 0.25) is 0 Å². The maximum absolute atomic E-state index is 10.6. The number of aliphatic imine (C=N–C) groups is 1. The molecular formula is C7H11N3O. The summed E-state index contributed by atoms with van der Waals surface area (Å²) in [6.07, 6.45) is 2.93. The van der Waals surface area contributed by atoms with Crippen molar-refractivity contribution in [2.24, 2.45) is 10.1 Å². The first-order valence-corrected chi connectivity index (χ1v) is 3.16. The second-order valence-corrected chi connectivity index (χ2v) is 1.76. The average Bonchev–Trinajstić information content (AvgIpc) is 2.01. The molecule has 2 amide bonds. The summed E-state index contributed by atoms with van der Waals surface area (Å²) in [5, 5.41) is 3.65. The van der Waals surface area contributed by atoms with Crippen LogP contribution in [-0.4, -0.2) is 18.0 Å². The Morgan fingerprint density at radius 1 is 1.64 bits per heavy atom. The number of carbonyl (C=O) groups excluding carboxylic acids is 1. The maximum atomic E-state index is 10.6. The zero-order chi connectivity index (χ0) is 8.69. The van der Waals surface area contributed by atoms with Gasteiger partial charge < -0.3 is 0 Å². The highest BCUT2D eigenvalue weighted by Crippen LogP contribution is 1.76. The van der Waals surface area contributed by atoms with Crippen molar-refractivity contribution in [3.8, 4) is 0 Å². The van der Waals surface area contributed by atoms with Gasteiger partial charge in [0.2, 0.25) is 0 Å². The van der Waals surface area contributed by atoms with E-state index in [0.29, 0.717) is 5.71 Å². The molecule has 0 aliphatic carbocycles. The molecule has 0 aliphatic heterocycles. The van der Waals surface area contributed by atoms with E-state index in [1.165, 1.54) is 12.3 Å². The zero-order valence-corrected chi connectivity index (χ0v) is 6.66. The summed E-state index contributed by atoms with van der Waals surface area (Å²) in [4.78, 5) is 14.0. The first-order chi connectivity index (χ1) is 5.20. The lowest BCUT2D eigenvalue weighted by atomic mass is 10.4. The lowest BCUT2D eigenvalue weighted by Crippen LogP contribution is -2.13. The Kier molecular flexibility index (Phi) is 4.64. The molecule has 0 aromatic rings. The third kappa shape index (κ3) is 5.02. The molecule has 0 saturated heterocycles. The Labute approximate surface area is 65.7 Å². The summed E-state index contributed by atoms with van der Waals surface area (Å²) >= 11 is 0. The number of nitrogens with one attached hydrogen (secondary N) is 1. The van der Waals surface area contributed by atoms with Crippen molar-refractivity contribution in [2.45, 2.75) is 13.8 Å². The summed E-state index contributed by atoms with van der Waals surface area (Å²) in [6.45, 7) is 6.85. The monoisotopic (exact) mass is 153 g/mol. The molecule has 0 unspecified atom stereocenters. The number of carbonyl (C=O) groups is 1. The van der Waals surface area contributed by atoms with Crippen molar-refractivity contribution < 1.29 is 4.79 Å². The van der Waals surface area contributed by atoms with E-state index >= 15 is 0 Å². The molecule has 4 nitrogen and oxygen atoms in total. The summed E-state index contributed by atoms with van der Waals surface area (Å²) in [5.41, 5.74) is 2.86. The van der Waals surface area contributed by atoms with Gasteiger partial charge in [-0.1, -0.05) is 6.58 Å². The second-order valence-electron chi connectivity index (χ2n) is 1.76. The number of allylic oxidation sites excluding steroid dienone is 1. The summed E-state index contributed by atoms with van der Waals surface area (Å²) < 4.78 is 0.